The topological polar surface area (TPSA) is 67.8 Å². The van der Waals surface area contributed by atoms with Gasteiger partial charge in [-0.05, 0) is 35.9 Å². The zero-order valence-electron chi connectivity index (χ0n) is 10.1. The minimum atomic E-state index is -0.583. The lowest BCUT2D eigenvalue weighted by Gasteiger charge is -2.12. The number of ether oxygens (including phenoxy) is 2. The van der Waals surface area contributed by atoms with E-state index in [-0.39, 0.29) is 13.2 Å². The number of benzene rings is 1. The van der Waals surface area contributed by atoms with Crippen LogP contribution in [0.25, 0.3) is 0 Å². The Morgan fingerprint density at radius 3 is 2.61 bits per heavy atom. The van der Waals surface area contributed by atoms with Crippen molar-refractivity contribution in [1.82, 2.24) is 4.84 Å². The fourth-order valence-electron chi connectivity index (χ4n) is 1.43. The van der Waals surface area contributed by atoms with Crippen molar-refractivity contribution in [2.45, 2.75) is 12.5 Å². The number of halogens is 1. The highest BCUT2D eigenvalue weighted by Gasteiger charge is 2.18. The fraction of sp³-hybridized carbons (Fsp3) is 0.417. The molecule has 0 fully saturated rings. The van der Waals surface area contributed by atoms with Gasteiger partial charge in [0.25, 0.3) is 0 Å². The van der Waals surface area contributed by atoms with Gasteiger partial charge in [0.2, 0.25) is 0 Å². The molecule has 0 saturated heterocycles. The van der Waals surface area contributed by atoms with Crippen LogP contribution in [0.2, 0.25) is 0 Å². The normalized spacial score (nSPS) is 11.9. The molecule has 0 heterocycles. The molecule has 100 valence electrons. The van der Waals surface area contributed by atoms with Gasteiger partial charge < -0.3 is 14.6 Å². The van der Waals surface area contributed by atoms with Gasteiger partial charge in [0.1, 0.15) is 18.4 Å². The molecule has 0 amide bonds. The van der Waals surface area contributed by atoms with Crippen LogP contribution < -0.4 is 9.57 Å². The van der Waals surface area contributed by atoms with Crippen molar-refractivity contribution in [2.75, 3.05) is 20.3 Å². The maximum Gasteiger partial charge on any atom is 0.324 e. The van der Waals surface area contributed by atoms with Crippen LogP contribution in [0, 0.1) is 0 Å². The van der Waals surface area contributed by atoms with Gasteiger partial charge >= 0.3 is 5.97 Å². The number of carbonyl (C=O) groups excluding carboxylic acids is 1. The molecule has 0 aliphatic rings. The number of esters is 1. The van der Waals surface area contributed by atoms with Gasteiger partial charge in [-0.3, -0.25) is 4.79 Å². The lowest BCUT2D eigenvalue weighted by atomic mass is 10.1. The highest BCUT2D eigenvalue weighted by molar-refractivity contribution is 6.14. The first-order valence-corrected chi connectivity index (χ1v) is 5.85. The summed E-state index contributed by atoms with van der Waals surface area (Å²) in [6.45, 7) is 0.232. The predicted molar refractivity (Wildman–Crippen MR) is 67.5 cm³/mol. The van der Waals surface area contributed by atoms with Crippen LogP contribution in [-0.4, -0.2) is 37.4 Å². The lowest BCUT2D eigenvalue weighted by molar-refractivity contribution is -0.142. The average Bonchev–Trinajstić information content (AvgIpc) is 2.43. The van der Waals surface area contributed by atoms with E-state index in [0.29, 0.717) is 12.2 Å². The Balaban J connectivity index is 2.59. The Morgan fingerprint density at radius 2 is 2.11 bits per heavy atom. The molecule has 6 heteroatoms. The number of rotatable bonds is 7. The van der Waals surface area contributed by atoms with E-state index >= 15 is 0 Å². The summed E-state index contributed by atoms with van der Waals surface area (Å²) < 4.78 is 9.84. The SMILES string of the molecule is COC(=O)[C@H](Cc1ccc(OCCO)cc1)NCl. The van der Waals surface area contributed by atoms with Crippen molar-refractivity contribution < 1.29 is 19.4 Å². The van der Waals surface area contributed by atoms with E-state index in [4.69, 9.17) is 21.6 Å². The first kappa shape index (κ1) is 14.8. The van der Waals surface area contributed by atoms with Crippen LogP contribution in [0.15, 0.2) is 24.3 Å². The number of aliphatic hydroxyl groups excluding tert-OH is 1. The molecular formula is C12H16ClNO4. The van der Waals surface area contributed by atoms with E-state index in [0.717, 1.165) is 5.56 Å². The second-order valence-corrected chi connectivity index (χ2v) is 3.82. The zero-order valence-corrected chi connectivity index (χ0v) is 10.8. The fourth-order valence-corrected chi connectivity index (χ4v) is 1.60. The van der Waals surface area contributed by atoms with E-state index in [1.54, 1.807) is 12.1 Å². The Labute approximate surface area is 111 Å². The van der Waals surface area contributed by atoms with Crippen LogP contribution >= 0.6 is 11.8 Å². The standard InChI is InChI=1S/C12H16ClNO4/c1-17-12(16)11(14-13)8-9-2-4-10(5-3-9)18-7-6-15/h2-5,11,14-15H,6-8H2,1H3/t11-/m0/s1. The van der Waals surface area contributed by atoms with Gasteiger partial charge in [0.05, 0.1) is 13.7 Å². The molecule has 0 bridgehead atoms. The van der Waals surface area contributed by atoms with E-state index in [1.165, 1.54) is 7.11 Å². The number of aliphatic hydroxyl groups is 1. The predicted octanol–water partition coefficient (Wildman–Crippen LogP) is 0.885. The van der Waals surface area contributed by atoms with Crippen LogP contribution in [0.3, 0.4) is 0 Å². The Bertz CT molecular complexity index is 369. The van der Waals surface area contributed by atoms with E-state index < -0.39 is 12.0 Å². The first-order chi connectivity index (χ1) is 8.71. The molecule has 0 spiro atoms. The highest BCUT2D eigenvalue weighted by atomic mass is 35.5. The highest BCUT2D eigenvalue weighted by Crippen LogP contribution is 2.13. The van der Waals surface area contributed by atoms with Gasteiger partial charge in [-0.25, -0.2) is 4.84 Å². The minimum Gasteiger partial charge on any atom is -0.491 e. The van der Waals surface area contributed by atoms with Crippen molar-refractivity contribution in [3.8, 4) is 5.75 Å². The summed E-state index contributed by atoms with van der Waals surface area (Å²) >= 11 is 5.49. The molecule has 0 radical (unpaired) electrons. The summed E-state index contributed by atoms with van der Waals surface area (Å²) in [4.78, 5) is 13.7. The molecule has 0 aliphatic heterocycles. The molecule has 1 atom stereocenters. The summed E-state index contributed by atoms with van der Waals surface area (Å²) in [6.07, 6.45) is 0.427. The van der Waals surface area contributed by atoms with Crippen molar-refractivity contribution in [3.05, 3.63) is 29.8 Å². The smallest absolute Gasteiger partial charge is 0.324 e. The first-order valence-electron chi connectivity index (χ1n) is 5.48. The second kappa shape index (κ2) is 7.92. The maximum atomic E-state index is 11.3. The minimum absolute atomic E-state index is 0.0255. The molecule has 5 nitrogen and oxygen atoms in total. The second-order valence-electron chi connectivity index (χ2n) is 3.60. The van der Waals surface area contributed by atoms with Crippen LogP contribution in [0.1, 0.15) is 5.56 Å². The Kier molecular flexibility index (Phi) is 6.49. The number of hydrogen-bond acceptors (Lipinski definition) is 5. The third-order valence-corrected chi connectivity index (χ3v) is 2.60. The van der Waals surface area contributed by atoms with Crippen molar-refractivity contribution in [1.29, 1.82) is 0 Å². The molecule has 0 aromatic heterocycles. The zero-order chi connectivity index (χ0) is 13.4. The third-order valence-electron chi connectivity index (χ3n) is 2.34. The molecule has 0 aliphatic carbocycles. The molecule has 1 rings (SSSR count). The van der Waals surface area contributed by atoms with Crippen molar-refractivity contribution in [2.24, 2.45) is 0 Å². The van der Waals surface area contributed by atoms with E-state index in [9.17, 15) is 4.79 Å². The summed E-state index contributed by atoms with van der Waals surface area (Å²) in [5, 5.41) is 8.62. The van der Waals surface area contributed by atoms with Crippen LogP contribution in [0.5, 0.6) is 5.75 Å². The van der Waals surface area contributed by atoms with Gasteiger partial charge in [0.15, 0.2) is 0 Å². The monoisotopic (exact) mass is 273 g/mol. The van der Waals surface area contributed by atoms with Crippen molar-refractivity contribution >= 4 is 17.7 Å². The average molecular weight is 274 g/mol. The lowest BCUT2D eigenvalue weighted by Crippen LogP contribution is -2.33. The molecule has 18 heavy (non-hydrogen) atoms. The summed E-state index contributed by atoms with van der Waals surface area (Å²) in [5.74, 6) is 0.256. The summed E-state index contributed by atoms with van der Waals surface area (Å²) in [5.41, 5.74) is 0.926. The largest absolute Gasteiger partial charge is 0.491 e. The molecule has 2 N–H and O–H groups in total. The summed E-state index contributed by atoms with van der Waals surface area (Å²) in [7, 11) is 1.31. The molecule has 0 unspecified atom stereocenters. The van der Waals surface area contributed by atoms with Crippen LogP contribution in [-0.2, 0) is 16.0 Å². The number of carbonyl (C=O) groups is 1. The number of nitrogens with one attached hydrogen (secondary N) is 1. The van der Waals surface area contributed by atoms with Crippen molar-refractivity contribution in [3.63, 3.8) is 0 Å². The van der Waals surface area contributed by atoms with E-state index in [2.05, 4.69) is 9.57 Å². The maximum absolute atomic E-state index is 11.3. The Morgan fingerprint density at radius 1 is 1.44 bits per heavy atom. The molecular weight excluding hydrogens is 258 g/mol. The third kappa shape index (κ3) is 4.52. The number of hydrogen-bond donors (Lipinski definition) is 2. The Hall–Kier alpha value is -1.30. The van der Waals surface area contributed by atoms with Gasteiger partial charge in [0, 0.05) is 0 Å². The molecule has 0 saturated carbocycles. The molecule has 1 aromatic rings. The summed E-state index contributed by atoms with van der Waals surface area (Å²) in [6, 6.07) is 6.62. The molecule has 1 aromatic carbocycles. The number of methoxy groups -OCH3 is 1. The van der Waals surface area contributed by atoms with Gasteiger partial charge in [-0.15, -0.1) is 0 Å². The quantitative estimate of drug-likeness (QED) is 0.570. The van der Waals surface area contributed by atoms with E-state index in [1.807, 2.05) is 12.1 Å². The van der Waals surface area contributed by atoms with Crippen LogP contribution in [0.4, 0.5) is 0 Å². The van der Waals surface area contributed by atoms with Gasteiger partial charge in [-0.2, -0.15) is 0 Å². The van der Waals surface area contributed by atoms with Gasteiger partial charge in [-0.1, -0.05) is 12.1 Å².